The van der Waals surface area contributed by atoms with Crippen molar-refractivity contribution in [3.05, 3.63) is 22.3 Å². The first-order valence-electron chi connectivity index (χ1n) is 5.06. The van der Waals surface area contributed by atoms with E-state index in [0.29, 0.717) is 6.04 Å². The smallest absolute Gasteiger partial charge is 0.140 e. The van der Waals surface area contributed by atoms with Crippen LogP contribution in [-0.2, 0) is 0 Å². The van der Waals surface area contributed by atoms with E-state index in [2.05, 4.69) is 40.1 Å². The van der Waals surface area contributed by atoms with Gasteiger partial charge in [-0.3, -0.25) is 0 Å². The fourth-order valence-corrected chi connectivity index (χ4v) is 2.05. The molecule has 2 rings (SSSR count). The van der Waals surface area contributed by atoms with Gasteiger partial charge in [0.25, 0.3) is 0 Å². The molecular weight excluding hydrogens is 240 g/mol. The van der Waals surface area contributed by atoms with Crippen molar-refractivity contribution in [1.82, 2.24) is 4.98 Å². The number of pyridine rings is 1. The minimum absolute atomic E-state index is 0.612. The molecule has 0 aromatic carbocycles. The molecule has 0 bridgehead atoms. The molecule has 2 nitrogen and oxygen atoms in total. The van der Waals surface area contributed by atoms with Crippen LogP contribution in [0.1, 0.15) is 25.3 Å². The second kappa shape index (κ2) is 3.89. The lowest BCUT2D eigenvalue weighted by Gasteiger charge is -2.35. The SMILES string of the molecule is Cc1ccnc(NC2CCC2C)c1Br. The summed E-state index contributed by atoms with van der Waals surface area (Å²) in [6.45, 7) is 4.37. The fourth-order valence-electron chi connectivity index (χ4n) is 1.70. The van der Waals surface area contributed by atoms with E-state index in [4.69, 9.17) is 0 Å². The fraction of sp³-hybridized carbons (Fsp3) is 0.545. The molecular formula is C11H15BrN2. The van der Waals surface area contributed by atoms with Gasteiger partial charge >= 0.3 is 0 Å². The minimum atomic E-state index is 0.612. The highest BCUT2D eigenvalue weighted by atomic mass is 79.9. The summed E-state index contributed by atoms with van der Waals surface area (Å²) in [6, 6.07) is 2.63. The molecule has 1 N–H and O–H groups in total. The van der Waals surface area contributed by atoms with Gasteiger partial charge in [-0.1, -0.05) is 6.92 Å². The number of aryl methyl sites for hydroxylation is 1. The van der Waals surface area contributed by atoms with E-state index >= 15 is 0 Å². The Labute approximate surface area is 93.3 Å². The Bertz CT molecular complexity index is 338. The number of nitrogens with zero attached hydrogens (tertiary/aromatic N) is 1. The third-order valence-electron chi connectivity index (χ3n) is 3.02. The van der Waals surface area contributed by atoms with Crippen molar-refractivity contribution in [2.75, 3.05) is 5.32 Å². The highest BCUT2D eigenvalue weighted by Gasteiger charge is 2.27. The van der Waals surface area contributed by atoms with Gasteiger partial charge in [0.05, 0.1) is 4.47 Å². The standard InChI is InChI=1S/C11H15BrN2/c1-7-3-4-9(7)14-11-10(12)8(2)5-6-13-11/h5-7,9H,3-4H2,1-2H3,(H,13,14). The highest BCUT2D eigenvalue weighted by Crippen LogP contribution is 2.32. The summed E-state index contributed by atoms with van der Waals surface area (Å²) in [5.74, 6) is 1.77. The van der Waals surface area contributed by atoms with Crippen LogP contribution in [0.4, 0.5) is 5.82 Å². The molecule has 0 aliphatic heterocycles. The molecule has 1 aliphatic carbocycles. The number of hydrogen-bond acceptors (Lipinski definition) is 2. The van der Waals surface area contributed by atoms with Crippen molar-refractivity contribution in [3.8, 4) is 0 Å². The third-order valence-corrected chi connectivity index (χ3v) is 4.03. The van der Waals surface area contributed by atoms with Gasteiger partial charge in [0.1, 0.15) is 5.82 Å². The van der Waals surface area contributed by atoms with Crippen molar-refractivity contribution in [1.29, 1.82) is 0 Å². The van der Waals surface area contributed by atoms with E-state index < -0.39 is 0 Å². The quantitative estimate of drug-likeness (QED) is 0.876. The maximum absolute atomic E-state index is 4.34. The molecule has 0 radical (unpaired) electrons. The largest absolute Gasteiger partial charge is 0.366 e. The van der Waals surface area contributed by atoms with Gasteiger partial charge in [-0.05, 0) is 53.2 Å². The number of nitrogens with one attached hydrogen (secondary N) is 1. The molecule has 1 aliphatic rings. The van der Waals surface area contributed by atoms with Crippen LogP contribution in [0, 0.1) is 12.8 Å². The van der Waals surface area contributed by atoms with Gasteiger partial charge in [0, 0.05) is 12.2 Å². The van der Waals surface area contributed by atoms with Crippen LogP contribution in [0.15, 0.2) is 16.7 Å². The summed E-state index contributed by atoms with van der Waals surface area (Å²) < 4.78 is 1.10. The van der Waals surface area contributed by atoms with E-state index in [1.165, 1.54) is 18.4 Å². The summed E-state index contributed by atoms with van der Waals surface area (Å²) in [7, 11) is 0. The summed E-state index contributed by atoms with van der Waals surface area (Å²) in [6.07, 6.45) is 4.45. The number of aromatic nitrogens is 1. The van der Waals surface area contributed by atoms with E-state index in [1.54, 1.807) is 0 Å². The molecule has 1 aromatic heterocycles. The van der Waals surface area contributed by atoms with Crippen molar-refractivity contribution in [2.45, 2.75) is 32.7 Å². The maximum Gasteiger partial charge on any atom is 0.140 e. The Balaban J connectivity index is 2.12. The first kappa shape index (κ1) is 9.97. The molecule has 76 valence electrons. The summed E-state index contributed by atoms with van der Waals surface area (Å²) >= 11 is 3.56. The van der Waals surface area contributed by atoms with Crippen LogP contribution in [0.5, 0.6) is 0 Å². The lowest BCUT2D eigenvalue weighted by molar-refractivity contribution is 0.303. The van der Waals surface area contributed by atoms with Gasteiger partial charge in [-0.25, -0.2) is 4.98 Å². The normalized spacial score (nSPS) is 25.6. The Morgan fingerprint density at radius 3 is 2.86 bits per heavy atom. The molecule has 14 heavy (non-hydrogen) atoms. The molecule has 1 fully saturated rings. The average molecular weight is 255 g/mol. The van der Waals surface area contributed by atoms with Crippen LogP contribution >= 0.6 is 15.9 Å². The van der Waals surface area contributed by atoms with Gasteiger partial charge in [0.2, 0.25) is 0 Å². The maximum atomic E-state index is 4.34. The zero-order chi connectivity index (χ0) is 10.1. The predicted octanol–water partition coefficient (Wildman–Crippen LogP) is 3.36. The van der Waals surface area contributed by atoms with Gasteiger partial charge in [-0.15, -0.1) is 0 Å². The van der Waals surface area contributed by atoms with Gasteiger partial charge in [-0.2, -0.15) is 0 Å². The average Bonchev–Trinajstić information content (AvgIpc) is 2.18. The molecule has 2 unspecified atom stereocenters. The van der Waals surface area contributed by atoms with Crippen molar-refractivity contribution >= 4 is 21.7 Å². The Hall–Kier alpha value is -0.570. The molecule has 0 spiro atoms. The topological polar surface area (TPSA) is 24.9 Å². The molecule has 0 amide bonds. The van der Waals surface area contributed by atoms with Crippen molar-refractivity contribution in [3.63, 3.8) is 0 Å². The second-order valence-corrected chi connectivity index (χ2v) is 4.89. The van der Waals surface area contributed by atoms with Crippen molar-refractivity contribution in [2.24, 2.45) is 5.92 Å². The minimum Gasteiger partial charge on any atom is -0.366 e. The molecule has 2 atom stereocenters. The molecule has 0 saturated heterocycles. The number of hydrogen-bond donors (Lipinski definition) is 1. The van der Waals surface area contributed by atoms with Gasteiger partial charge in [0.15, 0.2) is 0 Å². The van der Waals surface area contributed by atoms with E-state index in [-0.39, 0.29) is 0 Å². The molecule has 3 heteroatoms. The van der Waals surface area contributed by atoms with E-state index in [0.717, 1.165) is 16.2 Å². The predicted molar refractivity (Wildman–Crippen MR) is 62.5 cm³/mol. The highest BCUT2D eigenvalue weighted by molar-refractivity contribution is 9.10. The molecule has 1 saturated carbocycles. The zero-order valence-corrected chi connectivity index (χ0v) is 10.1. The molecule has 1 heterocycles. The summed E-state index contributed by atoms with van der Waals surface area (Å²) in [4.78, 5) is 4.34. The van der Waals surface area contributed by atoms with Crippen LogP contribution in [0.2, 0.25) is 0 Å². The van der Waals surface area contributed by atoms with Gasteiger partial charge < -0.3 is 5.32 Å². The van der Waals surface area contributed by atoms with Crippen LogP contribution < -0.4 is 5.32 Å². The van der Waals surface area contributed by atoms with E-state index in [1.807, 2.05) is 12.3 Å². The van der Waals surface area contributed by atoms with Crippen LogP contribution in [-0.4, -0.2) is 11.0 Å². The zero-order valence-electron chi connectivity index (χ0n) is 8.55. The second-order valence-electron chi connectivity index (χ2n) is 4.10. The van der Waals surface area contributed by atoms with Crippen LogP contribution in [0.25, 0.3) is 0 Å². The van der Waals surface area contributed by atoms with Crippen molar-refractivity contribution < 1.29 is 0 Å². The lowest BCUT2D eigenvalue weighted by atomic mass is 9.81. The Kier molecular flexibility index (Phi) is 2.77. The Morgan fingerprint density at radius 1 is 1.50 bits per heavy atom. The number of halogens is 1. The first-order chi connectivity index (χ1) is 6.68. The molecule has 1 aromatic rings. The number of rotatable bonds is 2. The first-order valence-corrected chi connectivity index (χ1v) is 5.85. The monoisotopic (exact) mass is 254 g/mol. The lowest BCUT2D eigenvalue weighted by Crippen LogP contribution is -2.36. The van der Waals surface area contributed by atoms with E-state index in [9.17, 15) is 0 Å². The van der Waals surface area contributed by atoms with Crippen LogP contribution in [0.3, 0.4) is 0 Å². The number of anilines is 1. The summed E-state index contributed by atoms with van der Waals surface area (Å²) in [5, 5.41) is 3.48. The third kappa shape index (κ3) is 1.78. The summed E-state index contributed by atoms with van der Waals surface area (Å²) in [5.41, 5.74) is 1.23. The Morgan fingerprint density at radius 2 is 2.29 bits per heavy atom.